The molecule has 2 aromatic carbocycles. The second kappa shape index (κ2) is 6.68. The monoisotopic (exact) mass is 350 g/mol. The van der Waals surface area contributed by atoms with Crippen molar-refractivity contribution in [3.8, 4) is 0 Å². The first-order chi connectivity index (χ1) is 9.56. The lowest BCUT2D eigenvalue weighted by molar-refractivity contribution is 0.0955. The Morgan fingerprint density at radius 3 is 2.20 bits per heavy atom. The second-order valence-corrected chi connectivity index (χ2v) is 5.50. The number of amides is 1. The highest BCUT2D eigenvalue weighted by molar-refractivity contribution is 9.10. The van der Waals surface area contributed by atoms with Gasteiger partial charge >= 0.3 is 0 Å². The van der Waals surface area contributed by atoms with Gasteiger partial charge in [-0.15, -0.1) is 0 Å². The van der Waals surface area contributed by atoms with E-state index in [1.54, 1.807) is 24.3 Å². The number of nitrogens with one attached hydrogen (secondary N) is 1. The van der Waals surface area contributed by atoms with Gasteiger partial charge in [0.25, 0.3) is 5.91 Å². The number of halogens is 2. The van der Waals surface area contributed by atoms with Crippen molar-refractivity contribution in [2.24, 2.45) is 5.10 Å². The number of benzene rings is 2. The van der Waals surface area contributed by atoms with Crippen LogP contribution in [0.15, 0.2) is 58.1 Å². The van der Waals surface area contributed by atoms with E-state index in [1.165, 1.54) is 0 Å². The van der Waals surface area contributed by atoms with Crippen LogP contribution in [0.2, 0.25) is 5.02 Å². The van der Waals surface area contributed by atoms with E-state index >= 15 is 0 Å². The molecule has 0 saturated carbocycles. The van der Waals surface area contributed by atoms with Crippen molar-refractivity contribution in [3.63, 3.8) is 0 Å². The molecule has 0 aliphatic carbocycles. The molecule has 0 heterocycles. The molecule has 0 bridgehead atoms. The molecule has 5 heteroatoms. The third-order valence-electron chi connectivity index (χ3n) is 2.69. The maximum absolute atomic E-state index is 11.9. The van der Waals surface area contributed by atoms with Crippen LogP contribution in [0.25, 0.3) is 0 Å². The Labute approximate surface area is 130 Å². The van der Waals surface area contributed by atoms with Crippen molar-refractivity contribution in [2.45, 2.75) is 6.92 Å². The molecule has 0 aliphatic rings. The first-order valence-electron chi connectivity index (χ1n) is 5.92. The first kappa shape index (κ1) is 14.8. The lowest BCUT2D eigenvalue weighted by Gasteiger charge is -2.03. The van der Waals surface area contributed by atoms with Crippen LogP contribution in [0.1, 0.15) is 22.8 Å². The summed E-state index contributed by atoms with van der Waals surface area (Å²) in [6, 6.07) is 14.4. The highest BCUT2D eigenvalue weighted by atomic mass is 79.9. The number of nitrogens with zero attached hydrogens (tertiary/aromatic N) is 1. The molecule has 3 nitrogen and oxygen atoms in total. The Kier molecular flexibility index (Phi) is 4.93. The smallest absolute Gasteiger partial charge is 0.267 e. The van der Waals surface area contributed by atoms with Gasteiger partial charge in [-0.05, 0) is 48.9 Å². The SMILES string of the molecule is C/C(=N\NC(=O)c1ccc(Cl)cc1)c1ccc(Br)cc1. The molecule has 0 saturated heterocycles. The van der Waals surface area contributed by atoms with Gasteiger partial charge in [-0.3, -0.25) is 4.79 Å². The Morgan fingerprint density at radius 2 is 1.60 bits per heavy atom. The van der Waals surface area contributed by atoms with E-state index in [9.17, 15) is 4.79 Å². The molecule has 102 valence electrons. The Morgan fingerprint density at radius 1 is 1.05 bits per heavy atom. The minimum Gasteiger partial charge on any atom is -0.267 e. The lowest BCUT2D eigenvalue weighted by atomic mass is 10.1. The van der Waals surface area contributed by atoms with Crippen molar-refractivity contribution in [1.29, 1.82) is 0 Å². The molecule has 0 unspecified atom stereocenters. The molecule has 0 radical (unpaired) electrons. The zero-order valence-electron chi connectivity index (χ0n) is 10.7. The molecule has 2 rings (SSSR count). The Hall–Kier alpha value is -1.65. The van der Waals surface area contributed by atoms with Crippen LogP contribution < -0.4 is 5.43 Å². The summed E-state index contributed by atoms with van der Waals surface area (Å²) >= 11 is 9.15. The van der Waals surface area contributed by atoms with Gasteiger partial charge < -0.3 is 0 Å². The van der Waals surface area contributed by atoms with Gasteiger partial charge in [-0.2, -0.15) is 5.10 Å². The largest absolute Gasteiger partial charge is 0.271 e. The van der Waals surface area contributed by atoms with Crippen LogP contribution in [0.5, 0.6) is 0 Å². The highest BCUT2D eigenvalue weighted by Gasteiger charge is 2.04. The van der Waals surface area contributed by atoms with Gasteiger partial charge in [0.15, 0.2) is 0 Å². The van der Waals surface area contributed by atoms with E-state index in [-0.39, 0.29) is 5.91 Å². The first-order valence-corrected chi connectivity index (χ1v) is 7.09. The molecule has 20 heavy (non-hydrogen) atoms. The van der Waals surface area contributed by atoms with E-state index in [4.69, 9.17) is 11.6 Å². The van der Waals surface area contributed by atoms with Crippen LogP contribution >= 0.6 is 27.5 Å². The summed E-state index contributed by atoms with van der Waals surface area (Å²) in [4.78, 5) is 11.9. The quantitative estimate of drug-likeness (QED) is 0.651. The molecule has 0 aromatic heterocycles. The number of hydrazone groups is 1. The molecule has 0 spiro atoms. The molecular formula is C15H12BrClN2O. The Bertz CT molecular complexity index is 636. The fourth-order valence-electron chi connectivity index (χ4n) is 1.56. The predicted octanol–water partition coefficient (Wildman–Crippen LogP) is 4.26. The lowest BCUT2D eigenvalue weighted by Crippen LogP contribution is -2.19. The van der Waals surface area contributed by atoms with Crippen LogP contribution in [-0.4, -0.2) is 11.6 Å². The zero-order chi connectivity index (χ0) is 14.5. The van der Waals surface area contributed by atoms with Gasteiger partial charge in [0.05, 0.1) is 5.71 Å². The van der Waals surface area contributed by atoms with Crippen LogP contribution in [0.3, 0.4) is 0 Å². The van der Waals surface area contributed by atoms with E-state index in [2.05, 4.69) is 26.5 Å². The average Bonchev–Trinajstić information content (AvgIpc) is 2.46. The zero-order valence-corrected chi connectivity index (χ0v) is 13.1. The molecule has 0 atom stereocenters. The minimum absolute atomic E-state index is 0.266. The van der Waals surface area contributed by atoms with Gasteiger partial charge in [-0.25, -0.2) is 5.43 Å². The van der Waals surface area contributed by atoms with E-state index in [0.717, 1.165) is 15.7 Å². The average molecular weight is 352 g/mol. The maximum Gasteiger partial charge on any atom is 0.271 e. The number of hydrogen-bond acceptors (Lipinski definition) is 2. The number of hydrogen-bond donors (Lipinski definition) is 1. The van der Waals surface area contributed by atoms with Gasteiger partial charge in [0.1, 0.15) is 0 Å². The molecule has 0 fully saturated rings. The van der Waals surface area contributed by atoms with Crippen molar-refractivity contribution in [1.82, 2.24) is 5.43 Å². The summed E-state index contributed by atoms with van der Waals surface area (Å²) in [5.74, 6) is -0.266. The topological polar surface area (TPSA) is 41.5 Å². The van der Waals surface area contributed by atoms with Crippen LogP contribution in [0.4, 0.5) is 0 Å². The molecular weight excluding hydrogens is 340 g/mol. The second-order valence-electron chi connectivity index (χ2n) is 4.15. The number of carbonyl (C=O) groups is 1. The summed E-state index contributed by atoms with van der Waals surface area (Å²) in [7, 11) is 0. The summed E-state index contributed by atoms with van der Waals surface area (Å²) in [6.07, 6.45) is 0. The minimum atomic E-state index is -0.266. The highest BCUT2D eigenvalue weighted by Crippen LogP contribution is 2.11. The summed E-state index contributed by atoms with van der Waals surface area (Å²) in [5.41, 5.74) is 4.73. The summed E-state index contributed by atoms with van der Waals surface area (Å²) in [6.45, 7) is 1.84. The molecule has 1 amide bonds. The van der Waals surface area contributed by atoms with E-state index in [0.29, 0.717) is 10.6 Å². The van der Waals surface area contributed by atoms with Crippen molar-refractivity contribution in [2.75, 3.05) is 0 Å². The number of rotatable bonds is 3. The van der Waals surface area contributed by atoms with E-state index in [1.807, 2.05) is 31.2 Å². The molecule has 1 N–H and O–H groups in total. The van der Waals surface area contributed by atoms with Crippen LogP contribution in [-0.2, 0) is 0 Å². The van der Waals surface area contributed by atoms with Gasteiger partial charge in [-0.1, -0.05) is 39.7 Å². The molecule has 2 aromatic rings. The van der Waals surface area contributed by atoms with Gasteiger partial charge in [0.2, 0.25) is 0 Å². The Balaban J connectivity index is 2.06. The number of carbonyl (C=O) groups excluding carboxylic acids is 1. The third-order valence-corrected chi connectivity index (χ3v) is 3.47. The molecule has 0 aliphatic heterocycles. The standard InChI is InChI=1S/C15H12BrClN2O/c1-10(11-2-6-13(16)7-3-11)18-19-15(20)12-4-8-14(17)9-5-12/h2-9H,1H3,(H,19,20)/b18-10+. The van der Waals surface area contributed by atoms with Crippen molar-refractivity contribution >= 4 is 39.1 Å². The fourth-order valence-corrected chi connectivity index (χ4v) is 1.95. The van der Waals surface area contributed by atoms with Crippen molar-refractivity contribution in [3.05, 3.63) is 69.2 Å². The fraction of sp³-hybridized carbons (Fsp3) is 0.0667. The predicted molar refractivity (Wildman–Crippen MR) is 85.3 cm³/mol. The maximum atomic E-state index is 11.9. The van der Waals surface area contributed by atoms with Crippen LogP contribution in [0, 0.1) is 0 Å². The van der Waals surface area contributed by atoms with Gasteiger partial charge in [0, 0.05) is 15.1 Å². The van der Waals surface area contributed by atoms with E-state index < -0.39 is 0 Å². The summed E-state index contributed by atoms with van der Waals surface area (Å²) < 4.78 is 0.999. The summed E-state index contributed by atoms with van der Waals surface area (Å²) in [5, 5.41) is 4.69. The normalized spacial score (nSPS) is 11.2. The van der Waals surface area contributed by atoms with Crippen molar-refractivity contribution < 1.29 is 4.79 Å². The third kappa shape index (κ3) is 3.92.